The maximum atomic E-state index is 6.05. The van der Waals surface area contributed by atoms with E-state index >= 15 is 0 Å². The molecule has 2 heterocycles. The minimum atomic E-state index is 0.323. The Hall–Kier alpha value is -1.87. The van der Waals surface area contributed by atoms with E-state index in [1.165, 1.54) is 0 Å². The van der Waals surface area contributed by atoms with Crippen LogP contribution in [0.4, 0.5) is 0 Å². The standard InChI is InChI=1S/C16H16ClN3/c1-11(2)20-15(10-12-5-3-6-13(17)9-12)19-14-7-4-8-18-16(14)20/h3-9,11H,10H2,1-2H3. The van der Waals surface area contributed by atoms with Crippen LogP contribution in [-0.2, 0) is 6.42 Å². The maximum absolute atomic E-state index is 6.05. The Morgan fingerprint density at radius 2 is 2.05 bits per heavy atom. The Balaban J connectivity index is 2.09. The zero-order valence-electron chi connectivity index (χ0n) is 11.5. The molecule has 0 spiro atoms. The van der Waals surface area contributed by atoms with Crippen LogP contribution in [0.3, 0.4) is 0 Å². The number of hydrogen-bond acceptors (Lipinski definition) is 2. The fraction of sp³-hybridized carbons (Fsp3) is 0.250. The van der Waals surface area contributed by atoms with Crippen molar-refractivity contribution in [2.45, 2.75) is 26.3 Å². The molecule has 0 atom stereocenters. The fourth-order valence-electron chi connectivity index (χ4n) is 2.47. The molecule has 0 aliphatic carbocycles. The molecule has 0 aliphatic heterocycles. The molecule has 0 saturated carbocycles. The van der Waals surface area contributed by atoms with Crippen LogP contribution in [0.1, 0.15) is 31.3 Å². The lowest BCUT2D eigenvalue weighted by atomic mass is 10.1. The summed E-state index contributed by atoms with van der Waals surface area (Å²) in [4.78, 5) is 9.17. The molecule has 0 saturated heterocycles. The zero-order valence-corrected chi connectivity index (χ0v) is 12.3. The highest BCUT2D eigenvalue weighted by Crippen LogP contribution is 2.22. The lowest BCUT2D eigenvalue weighted by Crippen LogP contribution is -2.07. The van der Waals surface area contributed by atoms with Gasteiger partial charge in [-0.3, -0.25) is 0 Å². The van der Waals surface area contributed by atoms with Crippen molar-refractivity contribution in [3.63, 3.8) is 0 Å². The molecule has 0 fully saturated rings. The van der Waals surface area contributed by atoms with Crippen molar-refractivity contribution < 1.29 is 0 Å². The molecule has 0 N–H and O–H groups in total. The van der Waals surface area contributed by atoms with Crippen molar-refractivity contribution >= 4 is 22.8 Å². The third-order valence-electron chi connectivity index (χ3n) is 3.29. The van der Waals surface area contributed by atoms with Gasteiger partial charge in [-0.25, -0.2) is 9.97 Å². The van der Waals surface area contributed by atoms with Crippen molar-refractivity contribution in [1.82, 2.24) is 14.5 Å². The van der Waals surface area contributed by atoms with E-state index in [0.717, 1.165) is 34.0 Å². The summed E-state index contributed by atoms with van der Waals surface area (Å²) in [5, 5.41) is 0.757. The third kappa shape index (κ3) is 2.41. The highest BCUT2D eigenvalue weighted by atomic mass is 35.5. The lowest BCUT2D eigenvalue weighted by molar-refractivity contribution is 0.587. The number of halogens is 1. The number of imidazole rings is 1. The molecule has 0 radical (unpaired) electrons. The summed E-state index contributed by atoms with van der Waals surface area (Å²) in [5.41, 5.74) is 3.05. The predicted octanol–water partition coefficient (Wildman–Crippen LogP) is 4.26. The fourth-order valence-corrected chi connectivity index (χ4v) is 2.69. The molecular weight excluding hydrogens is 270 g/mol. The van der Waals surface area contributed by atoms with Crippen LogP contribution in [0.15, 0.2) is 42.6 Å². The Morgan fingerprint density at radius 3 is 2.80 bits per heavy atom. The van der Waals surface area contributed by atoms with Crippen molar-refractivity contribution in [2.24, 2.45) is 0 Å². The second-order valence-electron chi connectivity index (χ2n) is 5.14. The molecule has 3 rings (SSSR count). The van der Waals surface area contributed by atoms with Crippen molar-refractivity contribution in [3.8, 4) is 0 Å². The van der Waals surface area contributed by atoms with Crippen LogP contribution >= 0.6 is 11.6 Å². The van der Waals surface area contributed by atoms with Gasteiger partial charge < -0.3 is 4.57 Å². The molecule has 3 nitrogen and oxygen atoms in total. The molecule has 1 aromatic carbocycles. The third-order valence-corrected chi connectivity index (χ3v) is 3.52. The smallest absolute Gasteiger partial charge is 0.160 e. The quantitative estimate of drug-likeness (QED) is 0.720. The Labute approximate surface area is 123 Å². The summed E-state index contributed by atoms with van der Waals surface area (Å²) in [6, 6.07) is 12.2. The first-order chi connectivity index (χ1) is 9.65. The van der Waals surface area contributed by atoms with E-state index in [1.807, 2.05) is 36.5 Å². The van der Waals surface area contributed by atoms with E-state index < -0.39 is 0 Å². The van der Waals surface area contributed by atoms with Gasteiger partial charge in [-0.2, -0.15) is 0 Å². The topological polar surface area (TPSA) is 30.7 Å². The molecule has 0 amide bonds. The Kier molecular flexibility index (Phi) is 3.45. The second kappa shape index (κ2) is 5.25. The summed E-state index contributed by atoms with van der Waals surface area (Å²) in [7, 11) is 0. The molecule has 0 aliphatic rings. The van der Waals surface area contributed by atoms with E-state index in [0.29, 0.717) is 6.04 Å². The predicted molar refractivity (Wildman–Crippen MR) is 82.2 cm³/mol. The van der Waals surface area contributed by atoms with E-state index in [4.69, 9.17) is 16.6 Å². The van der Waals surface area contributed by atoms with Gasteiger partial charge in [0.15, 0.2) is 5.65 Å². The minimum Gasteiger partial charge on any atom is -0.310 e. The van der Waals surface area contributed by atoms with Gasteiger partial charge in [0, 0.05) is 23.7 Å². The number of benzene rings is 1. The number of rotatable bonds is 3. The number of hydrogen-bond donors (Lipinski definition) is 0. The van der Waals surface area contributed by atoms with Gasteiger partial charge in [0.1, 0.15) is 11.3 Å². The number of aromatic nitrogens is 3. The van der Waals surface area contributed by atoms with Crippen molar-refractivity contribution in [3.05, 3.63) is 59.0 Å². The first-order valence-corrected chi connectivity index (χ1v) is 7.09. The highest BCUT2D eigenvalue weighted by molar-refractivity contribution is 6.30. The summed E-state index contributed by atoms with van der Waals surface area (Å²) >= 11 is 6.05. The molecule has 4 heteroatoms. The van der Waals surface area contributed by atoms with E-state index in [2.05, 4.69) is 29.5 Å². The summed E-state index contributed by atoms with van der Waals surface area (Å²) < 4.78 is 2.19. The minimum absolute atomic E-state index is 0.323. The Morgan fingerprint density at radius 1 is 1.20 bits per heavy atom. The summed E-state index contributed by atoms with van der Waals surface area (Å²) in [6.45, 7) is 4.30. The monoisotopic (exact) mass is 285 g/mol. The number of pyridine rings is 1. The largest absolute Gasteiger partial charge is 0.310 e. The zero-order chi connectivity index (χ0) is 14.1. The summed E-state index contributed by atoms with van der Waals surface area (Å²) in [6.07, 6.45) is 2.57. The maximum Gasteiger partial charge on any atom is 0.160 e. The van der Waals surface area contributed by atoms with Crippen LogP contribution in [0.25, 0.3) is 11.2 Å². The molecule has 0 unspecified atom stereocenters. The van der Waals surface area contributed by atoms with E-state index in [9.17, 15) is 0 Å². The Bertz CT molecular complexity index is 746. The van der Waals surface area contributed by atoms with Crippen LogP contribution in [-0.4, -0.2) is 14.5 Å². The SMILES string of the molecule is CC(C)n1c(Cc2cccc(Cl)c2)nc2cccnc21. The van der Waals surface area contributed by atoms with E-state index in [-0.39, 0.29) is 0 Å². The first-order valence-electron chi connectivity index (χ1n) is 6.71. The molecule has 102 valence electrons. The van der Waals surface area contributed by atoms with E-state index in [1.54, 1.807) is 0 Å². The lowest BCUT2D eigenvalue weighted by Gasteiger charge is -2.12. The van der Waals surface area contributed by atoms with Crippen molar-refractivity contribution in [1.29, 1.82) is 0 Å². The van der Waals surface area contributed by atoms with Crippen LogP contribution in [0.5, 0.6) is 0 Å². The average molecular weight is 286 g/mol. The highest BCUT2D eigenvalue weighted by Gasteiger charge is 2.14. The van der Waals surface area contributed by atoms with Crippen LogP contribution < -0.4 is 0 Å². The first kappa shape index (κ1) is 13.1. The van der Waals surface area contributed by atoms with Gasteiger partial charge in [-0.15, -0.1) is 0 Å². The molecule has 2 aromatic heterocycles. The number of fused-ring (bicyclic) bond motifs is 1. The number of nitrogens with zero attached hydrogens (tertiary/aromatic N) is 3. The normalized spacial score (nSPS) is 11.4. The van der Waals surface area contributed by atoms with Gasteiger partial charge in [0.2, 0.25) is 0 Å². The second-order valence-corrected chi connectivity index (χ2v) is 5.58. The van der Waals surface area contributed by atoms with Crippen LogP contribution in [0.2, 0.25) is 5.02 Å². The average Bonchev–Trinajstić information content (AvgIpc) is 2.76. The van der Waals surface area contributed by atoms with Gasteiger partial charge in [-0.05, 0) is 43.7 Å². The molecule has 3 aromatic rings. The molecular formula is C16H16ClN3. The molecule has 0 bridgehead atoms. The van der Waals surface area contributed by atoms with Crippen LogP contribution in [0, 0.1) is 0 Å². The molecule has 20 heavy (non-hydrogen) atoms. The van der Waals surface area contributed by atoms with Crippen molar-refractivity contribution in [2.75, 3.05) is 0 Å². The van der Waals surface area contributed by atoms with Gasteiger partial charge >= 0.3 is 0 Å². The van der Waals surface area contributed by atoms with Gasteiger partial charge in [0.05, 0.1) is 0 Å². The summed E-state index contributed by atoms with van der Waals surface area (Å²) in [5.74, 6) is 1.02. The van der Waals surface area contributed by atoms with Gasteiger partial charge in [0.25, 0.3) is 0 Å². The van der Waals surface area contributed by atoms with Gasteiger partial charge in [-0.1, -0.05) is 23.7 Å².